The van der Waals surface area contributed by atoms with Gasteiger partial charge in [-0.2, -0.15) is 0 Å². The highest BCUT2D eigenvalue weighted by molar-refractivity contribution is 7.09. The van der Waals surface area contributed by atoms with E-state index in [1.165, 1.54) is 4.88 Å². The van der Waals surface area contributed by atoms with Gasteiger partial charge in [0.2, 0.25) is 0 Å². The first kappa shape index (κ1) is 13.9. The molecule has 0 saturated heterocycles. The first-order valence-electron chi connectivity index (χ1n) is 6.25. The third kappa shape index (κ3) is 3.49. The van der Waals surface area contributed by atoms with E-state index in [4.69, 9.17) is 9.47 Å². The topological polar surface area (TPSA) is 30.5 Å². The summed E-state index contributed by atoms with van der Waals surface area (Å²) in [7, 11) is 3.61. The van der Waals surface area contributed by atoms with E-state index in [1.807, 2.05) is 31.3 Å². The van der Waals surface area contributed by atoms with Crippen LogP contribution < -0.4 is 14.8 Å². The summed E-state index contributed by atoms with van der Waals surface area (Å²) in [6.07, 6.45) is 0. The Hall–Kier alpha value is -1.52. The maximum absolute atomic E-state index is 5.94. The monoisotopic (exact) mass is 277 g/mol. The van der Waals surface area contributed by atoms with Crippen LogP contribution in [0.15, 0.2) is 35.7 Å². The van der Waals surface area contributed by atoms with Gasteiger partial charge in [-0.05, 0) is 31.5 Å². The van der Waals surface area contributed by atoms with Gasteiger partial charge in [-0.15, -0.1) is 11.3 Å². The van der Waals surface area contributed by atoms with Crippen molar-refractivity contribution in [2.24, 2.45) is 0 Å². The zero-order valence-electron chi connectivity index (χ0n) is 11.5. The number of benzene rings is 1. The Balaban J connectivity index is 2.19. The lowest BCUT2D eigenvalue weighted by Crippen LogP contribution is -2.13. The third-order valence-corrected chi connectivity index (χ3v) is 3.92. The van der Waals surface area contributed by atoms with Crippen molar-refractivity contribution in [3.05, 3.63) is 46.2 Å². The van der Waals surface area contributed by atoms with Crippen LogP contribution in [-0.4, -0.2) is 14.2 Å². The highest BCUT2D eigenvalue weighted by Gasteiger charge is 2.11. The summed E-state index contributed by atoms with van der Waals surface area (Å²) in [6, 6.07) is 10.3. The third-order valence-electron chi connectivity index (χ3n) is 3.07. The number of thiophene rings is 1. The van der Waals surface area contributed by atoms with Crippen LogP contribution in [0.25, 0.3) is 0 Å². The number of nitrogens with one attached hydrogen (secondary N) is 1. The summed E-state index contributed by atoms with van der Waals surface area (Å²) < 4.78 is 11.2. The fourth-order valence-corrected chi connectivity index (χ4v) is 2.44. The van der Waals surface area contributed by atoms with Gasteiger partial charge in [0.05, 0.1) is 7.11 Å². The van der Waals surface area contributed by atoms with Gasteiger partial charge in [0.15, 0.2) is 0 Å². The number of hydrogen-bond acceptors (Lipinski definition) is 4. The van der Waals surface area contributed by atoms with Crippen molar-refractivity contribution in [2.75, 3.05) is 14.2 Å². The number of hydrogen-bond donors (Lipinski definition) is 1. The van der Waals surface area contributed by atoms with Gasteiger partial charge in [-0.25, -0.2) is 0 Å². The highest BCUT2D eigenvalue weighted by atomic mass is 32.1. The lowest BCUT2D eigenvalue weighted by Gasteiger charge is -2.17. The normalized spacial score (nSPS) is 12.2. The Morgan fingerprint density at radius 3 is 2.79 bits per heavy atom. The lowest BCUT2D eigenvalue weighted by atomic mass is 10.1. The molecule has 0 saturated carbocycles. The molecule has 1 N–H and O–H groups in total. The number of rotatable bonds is 6. The van der Waals surface area contributed by atoms with Crippen molar-refractivity contribution in [3.8, 4) is 11.5 Å². The number of methoxy groups -OCH3 is 1. The first-order valence-corrected chi connectivity index (χ1v) is 7.13. The second-order valence-corrected chi connectivity index (χ2v) is 5.31. The molecule has 0 spiro atoms. The van der Waals surface area contributed by atoms with E-state index in [-0.39, 0.29) is 6.04 Å². The van der Waals surface area contributed by atoms with Crippen LogP contribution in [0.5, 0.6) is 11.5 Å². The fraction of sp³-hybridized carbons (Fsp3) is 0.333. The molecule has 102 valence electrons. The zero-order chi connectivity index (χ0) is 13.7. The second-order valence-electron chi connectivity index (χ2n) is 4.28. The van der Waals surface area contributed by atoms with Gasteiger partial charge < -0.3 is 14.8 Å². The fourth-order valence-electron chi connectivity index (χ4n) is 1.82. The van der Waals surface area contributed by atoms with Crippen LogP contribution in [0.4, 0.5) is 0 Å². The lowest BCUT2D eigenvalue weighted by molar-refractivity contribution is 0.301. The summed E-state index contributed by atoms with van der Waals surface area (Å²) in [5, 5.41) is 5.29. The van der Waals surface area contributed by atoms with Gasteiger partial charge in [0.25, 0.3) is 0 Å². The molecule has 0 aliphatic carbocycles. The summed E-state index contributed by atoms with van der Waals surface area (Å²) in [5.74, 6) is 1.68. The molecule has 1 unspecified atom stereocenters. The maximum atomic E-state index is 5.94. The van der Waals surface area contributed by atoms with E-state index in [2.05, 4.69) is 23.7 Å². The van der Waals surface area contributed by atoms with E-state index < -0.39 is 0 Å². The minimum Gasteiger partial charge on any atom is -0.497 e. The Kier molecular flexibility index (Phi) is 4.82. The first-order chi connectivity index (χ1) is 9.24. The summed E-state index contributed by atoms with van der Waals surface area (Å²) >= 11 is 1.70. The molecule has 0 bridgehead atoms. The molecule has 0 aliphatic rings. The van der Waals surface area contributed by atoms with Crippen LogP contribution in [0.2, 0.25) is 0 Å². The van der Waals surface area contributed by atoms with Gasteiger partial charge >= 0.3 is 0 Å². The molecule has 2 rings (SSSR count). The maximum Gasteiger partial charge on any atom is 0.128 e. The molecule has 0 fully saturated rings. The van der Waals surface area contributed by atoms with E-state index in [0.29, 0.717) is 6.61 Å². The SMILES string of the molecule is CNC(C)c1ccc(OC)cc1OCc1cccs1. The van der Waals surface area contributed by atoms with Crippen LogP contribution >= 0.6 is 11.3 Å². The molecule has 1 aromatic heterocycles. The Morgan fingerprint density at radius 1 is 1.32 bits per heavy atom. The standard InChI is InChI=1S/C15H19NO2S/c1-11(16-2)14-7-6-12(17-3)9-15(14)18-10-13-5-4-8-19-13/h4-9,11,16H,10H2,1-3H3. The van der Waals surface area contributed by atoms with Crippen LogP contribution in [0, 0.1) is 0 Å². The van der Waals surface area contributed by atoms with Gasteiger partial charge in [0, 0.05) is 22.5 Å². The molecule has 1 heterocycles. The molecule has 4 heteroatoms. The van der Waals surface area contributed by atoms with Crippen molar-refractivity contribution in [1.29, 1.82) is 0 Å². The van der Waals surface area contributed by atoms with Crippen LogP contribution in [0.1, 0.15) is 23.4 Å². The molecule has 1 aromatic carbocycles. The molecule has 0 amide bonds. The van der Waals surface area contributed by atoms with E-state index >= 15 is 0 Å². The summed E-state index contributed by atoms with van der Waals surface area (Å²) in [6.45, 7) is 2.70. The van der Waals surface area contributed by atoms with E-state index in [9.17, 15) is 0 Å². The van der Waals surface area contributed by atoms with E-state index in [0.717, 1.165) is 17.1 Å². The van der Waals surface area contributed by atoms with Crippen molar-refractivity contribution in [2.45, 2.75) is 19.6 Å². The summed E-state index contributed by atoms with van der Waals surface area (Å²) in [4.78, 5) is 1.21. The largest absolute Gasteiger partial charge is 0.497 e. The molecule has 0 aliphatic heterocycles. The van der Waals surface area contributed by atoms with Crippen molar-refractivity contribution < 1.29 is 9.47 Å². The van der Waals surface area contributed by atoms with Crippen LogP contribution in [0.3, 0.4) is 0 Å². The molecule has 19 heavy (non-hydrogen) atoms. The van der Waals surface area contributed by atoms with Gasteiger partial charge in [-0.3, -0.25) is 0 Å². The van der Waals surface area contributed by atoms with E-state index in [1.54, 1.807) is 18.4 Å². The molecular formula is C15H19NO2S. The molecule has 1 atom stereocenters. The smallest absolute Gasteiger partial charge is 0.128 e. The average Bonchev–Trinajstić information content (AvgIpc) is 2.97. The Morgan fingerprint density at radius 2 is 2.16 bits per heavy atom. The minimum atomic E-state index is 0.240. The molecular weight excluding hydrogens is 258 g/mol. The van der Waals surface area contributed by atoms with Crippen molar-refractivity contribution in [1.82, 2.24) is 5.32 Å². The molecule has 2 aromatic rings. The van der Waals surface area contributed by atoms with Crippen molar-refractivity contribution in [3.63, 3.8) is 0 Å². The quantitative estimate of drug-likeness (QED) is 0.875. The molecule has 3 nitrogen and oxygen atoms in total. The summed E-state index contributed by atoms with van der Waals surface area (Å²) in [5.41, 5.74) is 1.14. The minimum absolute atomic E-state index is 0.240. The van der Waals surface area contributed by atoms with Crippen LogP contribution in [-0.2, 0) is 6.61 Å². The predicted octanol–water partition coefficient (Wildman–Crippen LogP) is 3.62. The second kappa shape index (κ2) is 6.59. The number of ether oxygens (including phenoxy) is 2. The van der Waals surface area contributed by atoms with Gasteiger partial charge in [-0.1, -0.05) is 12.1 Å². The van der Waals surface area contributed by atoms with Crippen molar-refractivity contribution >= 4 is 11.3 Å². The highest BCUT2D eigenvalue weighted by Crippen LogP contribution is 2.30. The predicted molar refractivity (Wildman–Crippen MR) is 79.1 cm³/mol. The average molecular weight is 277 g/mol. The Labute approximate surface area is 118 Å². The van der Waals surface area contributed by atoms with Gasteiger partial charge in [0.1, 0.15) is 18.1 Å². The zero-order valence-corrected chi connectivity index (χ0v) is 12.3. The Bertz CT molecular complexity index is 511. The molecule has 0 radical (unpaired) electrons.